The van der Waals surface area contributed by atoms with Gasteiger partial charge in [-0.2, -0.15) is 13.2 Å². The molecule has 3 fully saturated rings. The van der Waals surface area contributed by atoms with E-state index in [1.165, 1.54) is 19.0 Å². The van der Waals surface area contributed by atoms with Crippen LogP contribution < -0.4 is 5.73 Å². The van der Waals surface area contributed by atoms with Gasteiger partial charge < -0.3 is 15.9 Å². The van der Waals surface area contributed by atoms with Gasteiger partial charge in [-0.15, -0.1) is 0 Å². The minimum absolute atomic E-state index is 0.194. The van der Waals surface area contributed by atoms with E-state index in [4.69, 9.17) is 5.73 Å². The highest BCUT2D eigenvalue weighted by Crippen LogP contribution is 2.53. The van der Waals surface area contributed by atoms with Crippen LogP contribution in [0.3, 0.4) is 0 Å². The number of carbonyl (C=O) groups excluding carboxylic acids is 5. The summed E-state index contributed by atoms with van der Waals surface area (Å²) in [6.45, 7) is -1.57. The Hall–Kier alpha value is -3.30. The van der Waals surface area contributed by atoms with E-state index in [1.807, 2.05) is 0 Å². The number of primary amides is 1. The lowest BCUT2D eigenvalue weighted by molar-refractivity contribution is -0.181. The lowest BCUT2D eigenvalue weighted by atomic mass is 9.52. The van der Waals surface area contributed by atoms with Gasteiger partial charge >= 0.3 is 6.18 Å². The van der Waals surface area contributed by atoms with Crippen molar-refractivity contribution in [1.82, 2.24) is 9.80 Å². The molecule has 3 aliphatic carbocycles. The molecule has 1 amide bonds. The van der Waals surface area contributed by atoms with Gasteiger partial charge in [-0.05, 0) is 50.0 Å². The van der Waals surface area contributed by atoms with Crippen LogP contribution in [0.4, 0.5) is 22.0 Å². The first kappa shape index (κ1) is 30.2. The quantitative estimate of drug-likeness (QED) is 0.334. The summed E-state index contributed by atoms with van der Waals surface area (Å²) in [5.74, 6) is -17.3. The number of halogens is 5. The van der Waals surface area contributed by atoms with E-state index >= 15 is 0 Å². The average molecular weight is 602 g/mol. The Kier molecular flexibility index (Phi) is 6.90. The molecule has 10 nitrogen and oxygen atoms in total. The Balaban J connectivity index is 1.63. The van der Waals surface area contributed by atoms with E-state index in [9.17, 15) is 56.1 Å². The molecule has 0 radical (unpaired) electrons. The minimum atomic E-state index is -5.08. The SMILES string of the molecule is CN(C)[C@@H]1C(=O)C(C(N)=O)C(=O)[C@@]2(O)C(=O)C3C(=O)c4c(O)cc(CN5CCC(F)(F)C5)c(C(F)(F)F)c4C[C@H]3C[C@@H]12. The number of benzene rings is 1. The Bertz CT molecular complexity index is 1430. The maximum atomic E-state index is 14.5. The third kappa shape index (κ3) is 4.35. The van der Waals surface area contributed by atoms with Crippen LogP contribution in [-0.2, 0) is 38.3 Å². The zero-order valence-corrected chi connectivity index (χ0v) is 22.5. The normalized spacial score (nSPS) is 33.0. The van der Waals surface area contributed by atoms with E-state index < -0.39 is 137 Å². The number of nitrogens with two attached hydrogens (primary N) is 1. The van der Waals surface area contributed by atoms with Gasteiger partial charge in [-0.3, -0.25) is 33.8 Å². The molecule has 5 rings (SSSR count). The highest BCUT2D eigenvalue weighted by atomic mass is 19.4. The number of ketones is 4. The van der Waals surface area contributed by atoms with Crippen LogP contribution in [0.1, 0.15) is 39.9 Å². The number of carbonyl (C=O) groups is 5. The number of aromatic hydroxyl groups is 1. The molecule has 42 heavy (non-hydrogen) atoms. The maximum Gasteiger partial charge on any atom is 0.417 e. The molecular formula is C27H28F5N3O7. The average Bonchev–Trinajstić information content (AvgIpc) is 3.17. The van der Waals surface area contributed by atoms with Crippen molar-refractivity contribution in [3.8, 4) is 5.75 Å². The standard InChI is InChI=1S/C27H28F5N3O7/c1-34(2)19-13-6-10-5-12-16(20(37)15(10)22(39)26(13,42)23(40)17(21(19)38)24(33)41)14(36)7-11(18(12)27(30,31)32)8-35-4-3-25(28,29)9-35/h7,10,13,15,17,19,36,42H,3-6,8-9H2,1-2H3,(H2,33,41)/t10-,13-,15?,17?,19-,26-/m0/s1. The zero-order chi connectivity index (χ0) is 31.3. The molecule has 0 aromatic heterocycles. The number of alkyl halides is 5. The van der Waals surface area contributed by atoms with E-state index in [2.05, 4.69) is 0 Å². The highest BCUT2D eigenvalue weighted by molar-refractivity contribution is 6.32. The highest BCUT2D eigenvalue weighted by Gasteiger charge is 2.69. The van der Waals surface area contributed by atoms with Crippen LogP contribution in [0.5, 0.6) is 5.75 Å². The third-order valence-corrected chi connectivity index (χ3v) is 9.07. The lowest BCUT2D eigenvalue weighted by Crippen LogP contribution is -2.74. The number of amides is 1. The Labute approximate surface area is 235 Å². The second-order valence-electron chi connectivity index (χ2n) is 11.9. The van der Waals surface area contributed by atoms with Gasteiger partial charge in [0.15, 0.2) is 34.7 Å². The first-order valence-electron chi connectivity index (χ1n) is 13.2. The number of likely N-dealkylation sites (tertiary alicyclic amines) is 1. The second kappa shape index (κ2) is 9.61. The lowest BCUT2D eigenvalue weighted by Gasteiger charge is -2.52. The van der Waals surface area contributed by atoms with Gasteiger partial charge in [0.05, 0.1) is 29.6 Å². The van der Waals surface area contributed by atoms with Crippen molar-refractivity contribution >= 4 is 29.0 Å². The van der Waals surface area contributed by atoms with Crippen molar-refractivity contribution < 1.29 is 56.1 Å². The number of likely N-dealkylation sites (N-methyl/N-ethyl adjacent to an activating group) is 1. The van der Waals surface area contributed by atoms with Crippen molar-refractivity contribution in [2.24, 2.45) is 29.4 Å². The monoisotopic (exact) mass is 601 g/mol. The number of hydrogen-bond acceptors (Lipinski definition) is 9. The summed E-state index contributed by atoms with van der Waals surface area (Å²) in [6, 6.07) is -0.748. The molecule has 2 saturated carbocycles. The van der Waals surface area contributed by atoms with Crippen LogP contribution in [-0.4, -0.2) is 93.8 Å². The molecule has 1 heterocycles. The molecule has 6 atom stereocenters. The molecule has 0 spiro atoms. The van der Waals surface area contributed by atoms with Crippen LogP contribution in [0.15, 0.2) is 6.07 Å². The van der Waals surface area contributed by atoms with Gasteiger partial charge in [0, 0.05) is 25.4 Å². The van der Waals surface area contributed by atoms with Crippen LogP contribution in [0, 0.1) is 23.7 Å². The van der Waals surface area contributed by atoms with Crippen molar-refractivity contribution in [2.75, 3.05) is 27.2 Å². The number of rotatable bonds is 4. The fraction of sp³-hybridized carbons (Fsp3) is 0.593. The predicted octanol–water partition coefficient (Wildman–Crippen LogP) is 0.727. The first-order chi connectivity index (χ1) is 19.3. The number of aliphatic hydroxyl groups is 1. The van der Waals surface area contributed by atoms with E-state index in [-0.39, 0.29) is 6.54 Å². The molecule has 1 aromatic rings. The summed E-state index contributed by atoms with van der Waals surface area (Å²) in [4.78, 5) is 68.3. The molecule has 0 bridgehead atoms. The summed E-state index contributed by atoms with van der Waals surface area (Å²) in [5, 5.41) is 22.3. The van der Waals surface area contributed by atoms with Gasteiger partial charge in [0.25, 0.3) is 5.92 Å². The van der Waals surface area contributed by atoms with E-state index in [0.29, 0.717) is 6.07 Å². The van der Waals surface area contributed by atoms with Gasteiger partial charge in [-0.1, -0.05) is 0 Å². The first-order valence-corrected chi connectivity index (χ1v) is 13.2. The molecule has 1 saturated heterocycles. The van der Waals surface area contributed by atoms with Crippen molar-refractivity contribution in [1.29, 1.82) is 0 Å². The summed E-state index contributed by atoms with van der Waals surface area (Å²) in [7, 11) is 2.76. The zero-order valence-electron chi connectivity index (χ0n) is 22.5. The molecule has 1 aliphatic heterocycles. The number of nitrogens with zero attached hydrogens (tertiary/aromatic N) is 2. The number of Topliss-reactive ketones (excluding diaryl/α,β-unsaturated/α-hetero) is 4. The molecule has 4 aliphatic rings. The van der Waals surface area contributed by atoms with Crippen molar-refractivity contribution in [2.45, 2.75) is 49.5 Å². The number of phenolic OH excluding ortho intramolecular Hbond substituents is 1. The number of phenols is 1. The van der Waals surface area contributed by atoms with E-state index in [1.54, 1.807) is 0 Å². The summed E-state index contributed by atoms with van der Waals surface area (Å²) in [5.41, 5.74) is -1.03. The topological polar surface area (TPSA) is 158 Å². The van der Waals surface area contributed by atoms with Gasteiger partial charge in [0.1, 0.15) is 5.75 Å². The van der Waals surface area contributed by atoms with Crippen LogP contribution in [0.2, 0.25) is 0 Å². The fourth-order valence-corrected chi connectivity index (χ4v) is 7.40. The summed E-state index contributed by atoms with van der Waals surface area (Å²) in [6.07, 6.45) is -6.66. The molecule has 4 N–H and O–H groups in total. The van der Waals surface area contributed by atoms with Crippen LogP contribution >= 0.6 is 0 Å². The van der Waals surface area contributed by atoms with Crippen LogP contribution in [0.25, 0.3) is 0 Å². The van der Waals surface area contributed by atoms with Crippen molar-refractivity contribution in [3.05, 3.63) is 28.3 Å². The molecule has 1 aromatic carbocycles. The van der Waals surface area contributed by atoms with Crippen molar-refractivity contribution in [3.63, 3.8) is 0 Å². The molecular weight excluding hydrogens is 573 g/mol. The number of hydrogen-bond donors (Lipinski definition) is 3. The fourth-order valence-electron chi connectivity index (χ4n) is 7.40. The van der Waals surface area contributed by atoms with Gasteiger partial charge in [0.2, 0.25) is 5.91 Å². The summed E-state index contributed by atoms with van der Waals surface area (Å²) < 4.78 is 71.1. The Morgan fingerprint density at radius 2 is 1.81 bits per heavy atom. The largest absolute Gasteiger partial charge is 0.507 e. The molecule has 2 unspecified atom stereocenters. The predicted molar refractivity (Wildman–Crippen MR) is 131 cm³/mol. The Morgan fingerprint density at radius 3 is 2.33 bits per heavy atom. The smallest absolute Gasteiger partial charge is 0.417 e. The summed E-state index contributed by atoms with van der Waals surface area (Å²) >= 11 is 0. The minimum Gasteiger partial charge on any atom is -0.507 e. The maximum absolute atomic E-state index is 14.5. The number of fused-ring (bicyclic) bond motifs is 3. The second-order valence-corrected chi connectivity index (χ2v) is 11.9. The third-order valence-electron chi connectivity index (χ3n) is 9.07. The van der Waals surface area contributed by atoms with E-state index in [0.717, 1.165) is 4.90 Å². The Morgan fingerprint density at radius 1 is 1.17 bits per heavy atom. The van der Waals surface area contributed by atoms with Gasteiger partial charge in [-0.25, -0.2) is 8.78 Å². The molecule has 228 valence electrons. The molecule has 15 heteroatoms.